The molecule has 1 aromatic heterocycles. The summed E-state index contributed by atoms with van der Waals surface area (Å²) in [6, 6.07) is 17.5. The van der Waals surface area contributed by atoms with Gasteiger partial charge in [0.2, 0.25) is 27.7 Å². The Morgan fingerprint density at radius 1 is 0.949 bits per heavy atom. The first-order chi connectivity index (χ1) is 18.6. The summed E-state index contributed by atoms with van der Waals surface area (Å²) in [4.78, 5) is 62.7. The fourth-order valence-corrected chi connectivity index (χ4v) is 4.13. The van der Waals surface area contributed by atoms with Crippen LogP contribution in [-0.4, -0.2) is 49.3 Å². The van der Waals surface area contributed by atoms with Crippen LogP contribution in [0, 0.1) is 0 Å². The molecular weight excluding hydrogens is 524 g/mol. The van der Waals surface area contributed by atoms with Gasteiger partial charge in [-0.15, -0.1) is 0 Å². The van der Waals surface area contributed by atoms with Gasteiger partial charge in [0.25, 0.3) is 5.56 Å². The van der Waals surface area contributed by atoms with E-state index < -0.39 is 51.8 Å². The van der Waals surface area contributed by atoms with Crippen LogP contribution >= 0.6 is 0 Å². The number of carbonyl (C=O) groups excluding carboxylic acids is 4. The molecule has 0 bridgehead atoms. The number of nitrogens with zero attached hydrogens (tertiary/aromatic N) is 1. The molecule has 0 aliphatic carbocycles. The van der Waals surface area contributed by atoms with Crippen molar-refractivity contribution in [1.82, 2.24) is 14.6 Å². The first-order valence-electron chi connectivity index (χ1n) is 11.6. The smallest absolute Gasteiger partial charge is 0.275 e. The molecule has 39 heavy (non-hydrogen) atoms. The minimum absolute atomic E-state index is 0.0894. The van der Waals surface area contributed by atoms with Crippen molar-refractivity contribution in [3.05, 3.63) is 107 Å². The van der Waals surface area contributed by atoms with Gasteiger partial charge in [-0.2, -0.15) is 0 Å². The number of nitrogens with one attached hydrogen (secondary N) is 3. The maximum absolute atomic E-state index is 13.3. The van der Waals surface area contributed by atoms with Gasteiger partial charge in [0.05, 0.1) is 18.7 Å². The molecule has 0 radical (unpaired) electrons. The largest absolute Gasteiger partial charge is 0.344 e. The molecule has 0 fully saturated rings. The lowest BCUT2D eigenvalue weighted by molar-refractivity contribution is -0.127. The van der Waals surface area contributed by atoms with Gasteiger partial charge >= 0.3 is 0 Å². The molecule has 3 amide bonds. The molecular formula is C27H26N4O7S. The highest BCUT2D eigenvalue weighted by Gasteiger charge is 2.27. The Morgan fingerprint density at radius 2 is 1.59 bits per heavy atom. The third-order valence-corrected chi connectivity index (χ3v) is 5.90. The zero-order valence-electron chi connectivity index (χ0n) is 20.8. The van der Waals surface area contributed by atoms with Crippen LogP contribution in [-0.2, 0) is 29.2 Å². The zero-order valence-corrected chi connectivity index (χ0v) is 21.6. The van der Waals surface area contributed by atoms with Crippen LogP contribution in [0.5, 0.6) is 0 Å². The van der Waals surface area contributed by atoms with Crippen LogP contribution in [0.25, 0.3) is 6.08 Å². The maximum Gasteiger partial charge on any atom is 0.275 e. The van der Waals surface area contributed by atoms with Crippen molar-refractivity contribution in [3.63, 3.8) is 0 Å². The lowest BCUT2D eigenvalue weighted by Crippen LogP contribution is -2.45. The van der Waals surface area contributed by atoms with E-state index in [9.17, 15) is 32.4 Å². The van der Waals surface area contributed by atoms with E-state index >= 15 is 0 Å². The van der Waals surface area contributed by atoms with Gasteiger partial charge in [-0.25, -0.2) is 8.42 Å². The second-order valence-corrected chi connectivity index (χ2v) is 10.2. The number of hydrogen-bond acceptors (Lipinski definition) is 7. The van der Waals surface area contributed by atoms with Crippen LogP contribution in [0.4, 0.5) is 5.69 Å². The summed E-state index contributed by atoms with van der Waals surface area (Å²) in [7, 11) is -3.86. The third kappa shape index (κ3) is 8.61. The molecule has 0 aliphatic heterocycles. The number of pyridine rings is 1. The van der Waals surface area contributed by atoms with Gasteiger partial charge in [-0.1, -0.05) is 60.7 Å². The molecule has 0 spiro atoms. The third-order valence-electron chi connectivity index (χ3n) is 5.30. The Kier molecular flexibility index (Phi) is 9.65. The van der Waals surface area contributed by atoms with Crippen molar-refractivity contribution in [2.24, 2.45) is 0 Å². The molecule has 3 N–H and O–H groups in total. The van der Waals surface area contributed by atoms with E-state index in [-0.39, 0.29) is 5.69 Å². The Balaban J connectivity index is 1.87. The highest BCUT2D eigenvalue weighted by molar-refractivity contribution is 7.89. The molecule has 2 aromatic carbocycles. The number of hydrogen-bond donors (Lipinski definition) is 3. The molecule has 2 atom stereocenters. The van der Waals surface area contributed by atoms with Crippen molar-refractivity contribution in [2.45, 2.75) is 18.5 Å². The van der Waals surface area contributed by atoms with Gasteiger partial charge < -0.3 is 15.4 Å². The SMILES string of the molecule is CS(=O)(=O)NC(=O)C[C@@H](C=O)NC(=O)C(c1ccccc1)n1cccc(NC(=O)/C=C/c2ccccc2)c1=O. The van der Waals surface area contributed by atoms with Crippen molar-refractivity contribution < 1.29 is 27.6 Å². The van der Waals surface area contributed by atoms with Crippen LogP contribution in [0.1, 0.15) is 23.6 Å². The topological polar surface area (TPSA) is 161 Å². The number of anilines is 1. The fourth-order valence-electron chi connectivity index (χ4n) is 3.64. The molecule has 202 valence electrons. The Hall–Kier alpha value is -4.84. The number of aldehydes is 1. The quantitative estimate of drug-likeness (QED) is 0.239. The molecule has 12 heteroatoms. The van der Waals surface area contributed by atoms with Crippen LogP contribution in [0.15, 0.2) is 89.9 Å². The van der Waals surface area contributed by atoms with Crippen molar-refractivity contribution >= 4 is 45.8 Å². The second-order valence-electron chi connectivity index (χ2n) is 8.43. The Labute approximate surface area is 224 Å². The second kappa shape index (κ2) is 13.1. The van der Waals surface area contributed by atoms with E-state index in [1.165, 1.54) is 24.4 Å². The predicted octanol–water partition coefficient (Wildman–Crippen LogP) is 1.24. The van der Waals surface area contributed by atoms with Crippen LogP contribution in [0.3, 0.4) is 0 Å². The summed E-state index contributed by atoms with van der Waals surface area (Å²) in [6.45, 7) is 0. The molecule has 3 aromatic rings. The number of amides is 3. The van der Waals surface area contributed by atoms with E-state index in [1.54, 1.807) is 53.3 Å². The van der Waals surface area contributed by atoms with E-state index in [1.807, 2.05) is 18.2 Å². The first-order valence-corrected chi connectivity index (χ1v) is 13.5. The number of aromatic nitrogens is 1. The zero-order chi connectivity index (χ0) is 28.4. The highest BCUT2D eigenvalue weighted by Crippen LogP contribution is 2.18. The average Bonchev–Trinajstić information content (AvgIpc) is 2.89. The number of carbonyl (C=O) groups is 4. The molecule has 0 aliphatic rings. The lowest BCUT2D eigenvalue weighted by Gasteiger charge is -2.22. The summed E-state index contributed by atoms with van der Waals surface area (Å²) < 4.78 is 25.4. The summed E-state index contributed by atoms with van der Waals surface area (Å²) in [6.07, 6.45) is 4.63. The van der Waals surface area contributed by atoms with E-state index in [0.717, 1.165) is 16.4 Å². The summed E-state index contributed by atoms with van der Waals surface area (Å²) in [5, 5.41) is 4.89. The fraction of sp³-hybridized carbons (Fsp3) is 0.148. The predicted molar refractivity (Wildman–Crippen MR) is 145 cm³/mol. The van der Waals surface area contributed by atoms with Crippen LogP contribution < -0.4 is 20.9 Å². The standard InChI is InChI=1S/C27H26N4O7S/c1-39(37,38)30-24(34)17-21(18-32)28-26(35)25(20-11-6-3-7-12-20)31-16-8-13-22(27(31)36)29-23(33)15-14-19-9-4-2-5-10-19/h2-16,18,21,25H,17H2,1H3,(H,28,35)(H,29,33)(H,30,34)/b15-14+/t21-,25?/m0/s1. The van der Waals surface area contributed by atoms with E-state index in [2.05, 4.69) is 10.6 Å². The highest BCUT2D eigenvalue weighted by atomic mass is 32.2. The summed E-state index contributed by atoms with van der Waals surface area (Å²) in [5.74, 6) is -2.36. The number of sulfonamides is 1. The van der Waals surface area contributed by atoms with Crippen molar-refractivity contribution in [1.29, 1.82) is 0 Å². The average molecular weight is 551 g/mol. The monoisotopic (exact) mass is 550 g/mol. The van der Waals surface area contributed by atoms with Gasteiger partial charge in [0, 0.05) is 12.3 Å². The number of rotatable bonds is 11. The van der Waals surface area contributed by atoms with Crippen molar-refractivity contribution in [2.75, 3.05) is 11.6 Å². The van der Waals surface area contributed by atoms with E-state index in [4.69, 9.17) is 0 Å². The number of benzene rings is 2. The van der Waals surface area contributed by atoms with E-state index in [0.29, 0.717) is 11.8 Å². The molecule has 0 saturated heterocycles. The Morgan fingerprint density at radius 3 is 2.21 bits per heavy atom. The molecule has 1 unspecified atom stereocenters. The van der Waals surface area contributed by atoms with Crippen LogP contribution in [0.2, 0.25) is 0 Å². The normalized spacial score (nSPS) is 12.7. The van der Waals surface area contributed by atoms with Crippen molar-refractivity contribution in [3.8, 4) is 0 Å². The summed E-state index contributed by atoms with van der Waals surface area (Å²) >= 11 is 0. The first kappa shape index (κ1) is 28.7. The maximum atomic E-state index is 13.3. The molecule has 3 rings (SSSR count). The summed E-state index contributed by atoms with van der Waals surface area (Å²) in [5.41, 5.74) is 0.387. The molecule has 0 saturated carbocycles. The molecule has 11 nitrogen and oxygen atoms in total. The van der Waals surface area contributed by atoms with Gasteiger partial charge in [0.1, 0.15) is 18.0 Å². The van der Waals surface area contributed by atoms with Gasteiger partial charge in [-0.3, -0.25) is 28.5 Å². The van der Waals surface area contributed by atoms with Gasteiger partial charge in [-0.05, 0) is 29.3 Å². The van der Waals surface area contributed by atoms with Gasteiger partial charge in [0.15, 0.2) is 0 Å². The minimum Gasteiger partial charge on any atom is -0.344 e. The lowest BCUT2D eigenvalue weighted by atomic mass is 10.0. The molecule has 1 heterocycles. The Bertz CT molecular complexity index is 1540. The minimum atomic E-state index is -3.86.